The number of carbonyl (C=O) groups is 2. The molecule has 2 N–H and O–H groups in total. The van der Waals surface area contributed by atoms with Crippen molar-refractivity contribution >= 4 is 66.6 Å². The van der Waals surface area contributed by atoms with Gasteiger partial charge in [0.1, 0.15) is 11.5 Å². The highest BCUT2D eigenvalue weighted by atomic mass is 32.1. The number of amides is 2. The molecule has 0 fully saturated rings. The van der Waals surface area contributed by atoms with Gasteiger partial charge in [0, 0.05) is 19.7 Å². The Kier molecular flexibility index (Phi) is 6.39. The highest BCUT2D eigenvalue weighted by molar-refractivity contribution is 7.22. The van der Waals surface area contributed by atoms with E-state index in [0.717, 1.165) is 16.4 Å². The standard InChI is InChI=1S/C33H32N2O4S2/c1-17-28(30(34-16-36)22-10-11-26(39-22)32(2,3)4)31(37)35-29(17)21-9-8-20(38-21)25-14-18-12-24-19(13-23(18)40-25)15-27(41-24)33(5,6)7/h8-16H,1-7H3,(H,34,36)(H,35,37)/b30-28+. The number of nitrogens with one attached hydrogen (secondary N) is 2. The van der Waals surface area contributed by atoms with Crippen LogP contribution in [0.4, 0.5) is 0 Å². The molecular weight excluding hydrogens is 553 g/mol. The van der Waals surface area contributed by atoms with E-state index in [1.807, 2.05) is 57.2 Å². The van der Waals surface area contributed by atoms with Gasteiger partial charge in [-0.25, -0.2) is 0 Å². The second-order valence-electron chi connectivity index (χ2n) is 12.4. The van der Waals surface area contributed by atoms with Crippen molar-refractivity contribution in [1.29, 1.82) is 0 Å². The van der Waals surface area contributed by atoms with Crippen LogP contribution in [0.15, 0.2) is 68.5 Å². The average Bonchev–Trinajstić information content (AvgIpc) is 3.70. The van der Waals surface area contributed by atoms with Gasteiger partial charge in [0.2, 0.25) is 6.41 Å². The lowest BCUT2D eigenvalue weighted by atomic mass is 9.94. The molecule has 6 rings (SSSR count). The summed E-state index contributed by atoms with van der Waals surface area (Å²) in [4.78, 5) is 27.1. The Labute approximate surface area is 246 Å². The minimum absolute atomic E-state index is 0.127. The maximum atomic E-state index is 13.2. The van der Waals surface area contributed by atoms with E-state index in [2.05, 4.69) is 55.7 Å². The molecule has 5 aromatic rings. The van der Waals surface area contributed by atoms with E-state index >= 15 is 0 Å². The number of thiophene rings is 2. The normalized spacial score (nSPS) is 15.7. The van der Waals surface area contributed by atoms with Gasteiger partial charge in [-0.1, -0.05) is 41.5 Å². The van der Waals surface area contributed by atoms with Crippen LogP contribution in [-0.2, 0) is 20.4 Å². The van der Waals surface area contributed by atoms with Gasteiger partial charge in [-0.2, -0.15) is 0 Å². The predicted molar refractivity (Wildman–Crippen MR) is 168 cm³/mol. The van der Waals surface area contributed by atoms with Crippen LogP contribution in [0, 0.1) is 0 Å². The second kappa shape index (κ2) is 9.60. The zero-order valence-corrected chi connectivity index (χ0v) is 25.8. The fraction of sp³-hybridized carbons (Fsp3) is 0.273. The minimum atomic E-state index is -0.329. The Hall–Kier alpha value is -3.88. The molecular formula is C33H32N2O4S2. The summed E-state index contributed by atoms with van der Waals surface area (Å²) in [6.07, 6.45) is 0.556. The Balaban J connectivity index is 1.36. The first-order valence-electron chi connectivity index (χ1n) is 13.5. The van der Waals surface area contributed by atoms with Crippen molar-refractivity contribution in [2.75, 3.05) is 0 Å². The molecule has 0 unspecified atom stereocenters. The summed E-state index contributed by atoms with van der Waals surface area (Å²) in [5.41, 5.74) is 1.82. The number of fused-ring (bicyclic) bond motifs is 2. The molecule has 0 saturated heterocycles. The lowest BCUT2D eigenvalue weighted by molar-refractivity contribution is -0.115. The van der Waals surface area contributed by atoms with E-state index in [1.165, 1.54) is 25.0 Å². The summed E-state index contributed by atoms with van der Waals surface area (Å²) >= 11 is 3.54. The molecule has 1 aliphatic rings. The van der Waals surface area contributed by atoms with Crippen LogP contribution in [-0.4, -0.2) is 12.3 Å². The average molecular weight is 585 g/mol. The zero-order valence-electron chi connectivity index (χ0n) is 24.1. The van der Waals surface area contributed by atoms with Crippen LogP contribution in [0.25, 0.3) is 42.2 Å². The third-order valence-corrected chi connectivity index (χ3v) is 9.89. The number of carbonyl (C=O) groups excluding carboxylic acids is 2. The van der Waals surface area contributed by atoms with Gasteiger partial charge in [0.15, 0.2) is 11.5 Å². The van der Waals surface area contributed by atoms with Crippen molar-refractivity contribution in [2.24, 2.45) is 0 Å². The first kappa shape index (κ1) is 27.3. The number of hydrogen-bond donors (Lipinski definition) is 2. The Morgan fingerprint density at radius 3 is 2.20 bits per heavy atom. The molecule has 0 saturated carbocycles. The molecule has 1 aromatic carbocycles. The molecule has 0 aliphatic carbocycles. The third kappa shape index (κ3) is 4.85. The smallest absolute Gasteiger partial charge is 0.258 e. The molecule has 210 valence electrons. The Morgan fingerprint density at radius 2 is 1.54 bits per heavy atom. The first-order valence-corrected chi connectivity index (χ1v) is 15.1. The van der Waals surface area contributed by atoms with Gasteiger partial charge in [0.05, 0.1) is 21.8 Å². The summed E-state index contributed by atoms with van der Waals surface area (Å²) < 4.78 is 14.8. The lowest BCUT2D eigenvalue weighted by Gasteiger charge is -2.14. The monoisotopic (exact) mass is 584 g/mol. The van der Waals surface area contributed by atoms with Crippen molar-refractivity contribution in [1.82, 2.24) is 10.6 Å². The Bertz CT molecular complexity index is 1860. The summed E-state index contributed by atoms with van der Waals surface area (Å²) in [5, 5.41) is 8.08. The second-order valence-corrected chi connectivity index (χ2v) is 14.6. The number of furan rings is 2. The topological polar surface area (TPSA) is 84.5 Å². The molecule has 2 amide bonds. The van der Waals surface area contributed by atoms with E-state index in [0.29, 0.717) is 40.5 Å². The molecule has 41 heavy (non-hydrogen) atoms. The van der Waals surface area contributed by atoms with Gasteiger partial charge in [-0.05, 0) is 77.2 Å². The van der Waals surface area contributed by atoms with Gasteiger partial charge >= 0.3 is 0 Å². The molecule has 6 nitrogen and oxygen atoms in total. The van der Waals surface area contributed by atoms with Crippen LogP contribution in [0.1, 0.15) is 70.6 Å². The summed E-state index contributed by atoms with van der Waals surface area (Å²) in [6, 6.07) is 16.4. The van der Waals surface area contributed by atoms with E-state index in [9.17, 15) is 9.59 Å². The molecule has 8 heteroatoms. The zero-order chi connectivity index (χ0) is 29.3. The van der Waals surface area contributed by atoms with Crippen LogP contribution in [0.3, 0.4) is 0 Å². The van der Waals surface area contributed by atoms with Gasteiger partial charge in [-0.15, -0.1) is 22.7 Å². The van der Waals surface area contributed by atoms with Crippen molar-refractivity contribution in [3.8, 4) is 10.6 Å². The van der Waals surface area contributed by atoms with Crippen LogP contribution >= 0.6 is 22.7 Å². The fourth-order valence-electron chi connectivity index (χ4n) is 4.98. The highest BCUT2D eigenvalue weighted by Crippen LogP contribution is 2.42. The minimum Gasteiger partial charge on any atom is -0.459 e. The number of hydrogen-bond acceptors (Lipinski definition) is 6. The van der Waals surface area contributed by atoms with Crippen LogP contribution in [0.2, 0.25) is 0 Å². The van der Waals surface area contributed by atoms with Crippen molar-refractivity contribution in [3.63, 3.8) is 0 Å². The maximum Gasteiger partial charge on any atom is 0.258 e. The van der Waals surface area contributed by atoms with Crippen molar-refractivity contribution in [2.45, 2.75) is 59.3 Å². The molecule has 1 aliphatic heterocycles. The third-order valence-electron chi connectivity index (χ3n) is 7.25. The van der Waals surface area contributed by atoms with Gasteiger partial charge in [0.25, 0.3) is 5.91 Å². The van der Waals surface area contributed by atoms with Gasteiger partial charge in [-0.3, -0.25) is 9.59 Å². The summed E-state index contributed by atoms with van der Waals surface area (Å²) in [7, 11) is 0. The van der Waals surface area contributed by atoms with Crippen molar-refractivity contribution < 1.29 is 18.4 Å². The SMILES string of the molecule is CC1=C(c2ccc(-c3cc4cc5sc(C(C)(C)C)cc5cc4s3)o2)NC(=O)/C1=C(/NC=O)c1ccc(C(C)(C)C)o1. The molecule has 0 spiro atoms. The number of rotatable bonds is 5. The maximum absolute atomic E-state index is 13.2. The lowest BCUT2D eigenvalue weighted by Crippen LogP contribution is -2.20. The van der Waals surface area contributed by atoms with E-state index in [4.69, 9.17) is 8.83 Å². The van der Waals surface area contributed by atoms with E-state index in [1.54, 1.807) is 17.4 Å². The molecule has 0 atom stereocenters. The quantitative estimate of drug-likeness (QED) is 0.160. The fourth-order valence-corrected chi connectivity index (χ4v) is 7.19. The molecule has 4 aromatic heterocycles. The number of benzene rings is 1. The van der Waals surface area contributed by atoms with Crippen molar-refractivity contribution in [3.05, 3.63) is 81.8 Å². The van der Waals surface area contributed by atoms with Gasteiger partial charge < -0.3 is 19.5 Å². The Morgan fingerprint density at radius 1 is 0.854 bits per heavy atom. The first-order chi connectivity index (χ1) is 19.3. The molecule has 5 heterocycles. The van der Waals surface area contributed by atoms with E-state index in [-0.39, 0.29) is 16.7 Å². The predicted octanol–water partition coefficient (Wildman–Crippen LogP) is 8.58. The summed E-state index contributed by atoms with van der Waals surface area (Å²) in [6.45, 7) is 14.7. The molecule has 0 radical (unpaired) electrons. The largest absolute Gasteiger partial charge is 0.459 e. The molecule has 0 bridgehead atoms. The van der Waals surface area contributed by atoms with Crippen LogP contribution < -0.4 is 10.6 Å². The van der Waals surface area contributed by atoms with Crippen LogP contribution in [0.5, 0.6) is 0 Å². The summed E-state index contributed by atoms with van der Waals surface area (Å²) in [5.74, 6) is 2.14. The van der Waals surface area contributed by atoms with E-state index < -0.39 is 0 Å². The highest BCUT2D eigenvalue weighted by Gasteiger charge is 2.32.